The molecule has 0 radical (unpaired) electrons. The van der Waals surface area contributed by atoms with Crippen molar-refractivity contribution in [3.8, 4) is 16.3 Å². The Bertz CT molecular complexity index is 665. The summed E-state index contributed by atoms with van der Waals surface area (Å²) in [4.78, 5) is 13.3. The normalized spacial score (nSPS) is 10.9. The quantitative estimate of drug-likeness (QED) is 0.733. The molecular formula is C11H6ClN3OS. The van der Waals surface area contributed by atoms with Crippen molar-refractivity contribution in [3.63, 3.8) is 0 Å². The summed E-state index contributed by atoms with van der Waals surface area (Å²) < 4.78 is 0. The predicted octanol–water partition coefficient (Wildman–Crippen LogP) is 3.11. The average Bonchev–Trinajstić information content (AvgIpc) is 2.72. The van der Waals surface area contributed by atoms with Gasteiger partial charge in [0.1, 0.15) is 10.8 Å². The maximum absolute atomic E-state index is 9.81. The number of fused-ring (bicyclic) bond motifs is 1. The van der Waals surface area contributed by atoms with E-state index in [0.717, 1.165) is 4.83 Å². The first kappa shape index (κ1) is 10.4. The first-order valence-electron chi connectivity index (χ1n) is 4.80. The molecule has 0 saturated heterocycles. The van der Waals surface area contributed by atoms with E-state index >= 15 is 0 Å². The van der Waals surface area contributed by atoms with Gasteiger partial charge in [-0.3, -0.25) is 0 Å². The molecule has 0 aliphatic carbocycles. The summed E-state index contributed by atoms with van der Waals surface area (Å²) in [7, 11) is 0. The summed E-state index contributed by atoms with van der Waals surface area (Å²) in [5.74, 6) is 0.108. The first-order chi connectivity index (χ1) is 8.24. The summed E-state index contributed by atoms with van der Waals surface area (Å²) in [5.41, 5.74) is 1.22. The third-order valence-corrected chi connectivity index (χ3v) is 3.46. The molecule has 84 valence electrons. The van der Waals surface area contributed by atoms with Crippen molar-refractivity contribution in [3.05, 3.63) is 35.6 Å². The lowest BCUT2D eigenvalue weighted by Crippen LogP contribution is -1.79. The number of thiazole rings is 1. The largest absolute Gasteiger partial charge is 0.507 e. The topological polar surface area (TPSA) is 58.9 Å². The van der Waals surface area contributed by atoms with E-state index in [1.807, 2.05) is 0 Å². The second-order valence-corrected chi connectivity index (χ2v) is 4.78. The second-order valence-electron chi connectivity index (χ2n) is 3.37. The molecule has 6 heteroatoms. The Kier molecular flexibility index (Phi) is 2.42. The molecule has 1 N–H and O–H groups in total. The van der Waals surface area contributed by atoms with Gasteiger partial charge in [-0.1, -0.05) is 22.9 Å². The first-order valence-corrected chi connectivity index (χ1v) is 6.00. The Balaban J connectivity index is 2.20. The number of rotatable bonds is 1. The van der Waals surface area contributed by atoms with Crippen molar-refractivity contribution >= 4 is 33.4 Å². The number of halogens is 1. The molecule has 2 aromatic heterocycles. The minimum atomic E-state index is 0.108. The molecule has 0 fully saturated rings. The van der Waals surface area contributed by atoms with E-state index < -0.39 is 0 Å². The summed E-state index contributed by atoms with van der Waals surface area (Å²) in [6, 6.07) is 4.93. The van der Waals surface area contributed by atoms with E-state index in [-0.39, 0.29) is 5.75 Å². The highest BCUT2D eigenvalue weighted by Gasteiger charge is 2.11. The molecule has 3 aromatic rings. The van der Waals surface area contributed by atoms with Crippen LogP contribution in [0.1, 0.15) is 0 Å². The summed E-state index contributed by atoms with van der Waals surface area (Å²) >= 11 is 7.16. The van der Waals surface area contributed by atoms with Crippen molar-refractivity contribution in [2.24, 2.45) is 0 Å². The molecule has 17 heavy (non-hydrogen) atoms. The number of phenols is 1. The van der Waals surface area contributed by atoms with Gasteiger partial charge in [-0.2, -0.15) is 0 Å². The molecule has 0 bridgehead atoms. The highest BCUT2D eigenvalue weighted by atomic mass is 35.5. The SMILES string of the molecule is Oc1cc(Cl)ccc1-c1nc2nccnc2s1. The standard InChI is InChI=1S/C11H6ClN3OS/c12-6-1-2-7(8(16)5-6)10-15-9-11(17-10)14-4-3-13-9/h1-5,16H. The number of aromatic hydroxyl groups is 1. The molecule has 0 spiro atoms. The lowest BCUT2D eigenvalue weighted by molar-refractivity contribution is 0.477. The maximum atomic E-state index is 9.81. The van der Waals surface area contributed by atoms with Crippen molar-refractivity contribution in [1.82, 2.24) is 15.0 Å². The molecule has 0 aliphatic heterocycles. The monoisotopic (exact) mass is 263 g/mol. The molecule has 0 atom stereocenters. The van der Waals surface area contributed by atoms with Crippen LogP contribution in [0, 0.1) is 0 Å². The van der Waals surface area contributed by atoms with Gasteiger partial charge in [0.15, 0.2) is 10.5 Å². The number of nitrogens with zero attached hydrogens (tertiary/aromatic N) is 3. The molecule has 3 rings (SSSR count). The van der Waals surface area contributed by atoms with Gasteiger partial charge in [-0.15, -0.1) is 0 Å². The van der Waals surface area contributed by atoms with E-state index in [4.69, 9.17) is 11.6 Å². The van der Waals surface area contributed by atoms with Crippen LogP contribution in [0.3, 0.4) is 0 Å². The minimum Gasteiger partial charge on any atom is -0.507 e. The van der Waals surface area contributed by atoms with Crippen LogP contribution in [0.2, 0.25) is 5.02 Å². The Morgan fingerprint density at radius 2 is 2.00 bits per heavy atom. The highest BCUT2D eigenvalue weighted by Crippen LogP contribution is 2.35. The number of hydrogen-bond acceptors (Lipinski definition) is 5. The minimum absolute atomic E-state index is 0.108. The average molecular weight is 264 g/mol. The lowest BCUT2D eigenvalue weighted by Gasteiger charge is -2.00. The van der Waals surface area contributed by atoms with Crippen LogP contribution in [0.5, 0.6) is 5.75 Å². The van der Waals surface area contributed by atoms with E-state index in [0.29, 0.717) is 21.2 Å². The Labute approximate surface area is 106 Å². The van der Waals surface area contributed by atoms with E-state index in [1.54, 1.807) is 24.5 Å². The maximum Gasteiger partial charge on any atom is 0.190 e. The van der Waals surface area contributed by atoms with Gasteiger partial charge in [-0.05, 0) is 18.2 Å². The molecule has 0 saturated carbocycles. The van der Waals surface area contributed by atoms with Crippen LogP contribution in [-0.4, -0.2) is 20.1 Å². The van der Waals surface area contributed by atoms with Crippen LogP contribution >= 0.6 is 22.9 Å². The molecule has 2 heterocycles. The van der Waals surface area contributed by atoms with Gasteiger partial charge in [0.2, 0.25) is 0 Å². The fourth-order valence-corrected chi connectivity index (χ4v) is 2.55. The van der Waals surface area contributed by atoms with E-state index in [9.17, 15) is 5.11 Å². The van der Waals surface area contributed by atoms with Crippen LogP contribution in [0.25, 0.3) is 21.0 Å². The van der Waals surface area contributed by atoms with Crippen molar-refractivity contribution < 1.29 is 5.11 Å². The van der Waals surface area contributed by atoms with E-state index in [2.05, 4.69) is 15.0 Å². The van der Waals surface area contributed by atoms with Crippen LogP contribution in [0.15, 0.2) is 30.6 Å². The fraction of sp³-hybridized carbons (Fsp3) is 0. The molecule has 1 aromatic carbocycles. The fourth-order valence-electron chi connectivity index (χ4n) is 1.48. The van der Waals surface area contributed by atoms with Crippen LogP contribution < -0.4 is 0 Å². The van der Waals surface area contributed by atoms with Crippen molar-refractivity contribution in [2.45, 2.75) is 0 Å². The highest BCUT2D eigenvalue weighted by molar-refractivity contribution is 7.21. The third kappa shape index (κ3) is 1.83. The van der Waals surface area contributed by atoms with Gasteiger partial charge in [0.05, 0.1) is 5.56 Å². The van der Waals surface area contributed by atoms with Gasteiger partial charge in [0.25, 0.3) is 0 Å². The summed E-state index contributed by atoms with van der Waals surface area (Å²) in [6.45, 7) is 0. The zero-order valence-corrected chi connectivity index (χ0v) is 10.0. The molecule has 0 amide bonds. The Morgan fingerprint density at radius 1 is 1.18 bits per heavy atom. The Hall–Kier alpha value is -1.72. The third-order valence-electron chi connectivity index (χ3n) is 2.24. The zero-order valence-electron chi connectivity index (χ0n) is 8.46. The van der Waals surface area contributed by atoms with Gasteiger partial charge < -0.3 is 5.11 Å². The zero-order chi connectivity index (χ0) is 11.8. The van der Waals surface area contributed by atoms with Gasteiger partial charge in [-0.25, -0.2) is 15.0 Å². The number of phenolic OH excluding ortho intramolecular Hbond substituents is 1. The van der Waals surface area contributed by atoms with Crippen molar-refractivity contribution in [1.29, 1.82) is 0 Å². The molecule has 0 unspecified atom stereocenters. The van der Waals surface area contributed by atoms with Gasteiger partial charge >= 0.3 is 0 Å². The number of aromatic nitrogens is 3. The number of benzene rings is 1. The molecule has 0 aliphatic rings. The number of hydrogen-bond donors (Lipinski definition) is 1. The second kappa shape index (κ2) is 3.94. The van der Waals surface area contributed by atoms with Gasteiger partial charge in [0, 0.05) is 17.4 Å². The summed E-state index contributed by atoms with van der Waals surface area (Å²) in [6.07, 6.45) is 3.21. The Morgan fingerprint density at radius 3 is 2.76 bits per heavy atom. The van der Waals surface area contributed by atoms with Crippen LogP contribution in [0.4, 0.5) is 0 Å². The van der Waals surface area contributed by atoms with E-state index in [1.165, 1.54) is 17.4 Å². The van der Waals surface area contributed by atoms with Crippen LogP contribution in [-0.2, 0) is 0 Å². The molecular weight excluding hydrogens is 258 g/mol. The van der Waals surface area contributed by atoms with Crippen molar-refractivity contribution in [2.75, 3.05) is 0 Å². The lowest BCUT2D eigenvalue weighted by atomic mass is 10.2. The smallest absolute Gasteiger partial charge is 0.190 e. The molecule has 4 nitrogen and oxygen atoms in total. The summed E-state index contributed by atoms with van der Waals surface area (Å²) in [5, 5.41) is 11.0. The predicted molar refractivity (Wildman–Crippen MR) is 67.3 cm³/mol.